The van der Waals surface area contributed by atoms with Crippen molar-refractivity contribution in [2.45, 2.75) is 71.1 Å². The molecule has 2 rings (SSSR count). The second kappa shape index (κ2) is 8.02. The summed E-state index contributed by atoms with van der Waals surface area (Å²) in [5, 5.41) is 2.83. The molecular formula is C17H32ClN3O3. The normalized spacial score (nSPS) is 29.9. The molecule has 1 saturated carbocycles. The molecule has 0 spiro atoms. The third-order valence-corrected chi connectivity index (χ3v) is 5.62. The zero-order chi connectivity index (χ0) is 17.3. The first-order valence-corrected chi connectivity index (χ1v) is 8.74. The number of halogens is 1. The van der Waals surface area contributed by atoms with Gasteiger partial charge in [0.2, 0.25) is 11.8 Å². The van der Waals surface area contributed by atoms with E-state index in [1.165, 1.54) is 6.42 Å². The maximum absolute atomic E-state index is 12.6. The monoisotopic (exact) mass is 361 g/mol. The van der Waals surface area contributed by atoms with Crippen molar-refractivity contribution in [2.24, 2.45) is 11.1 Å². The summed E-state index contributed by atoms with van der Waals surface area (Å²) in [4.78, 5) is 26.9. The van der Waals surface area contributed by atoms with Crippen LogP contribution in [0.5, 0.6) is 0 Å². The van der Waals surface area contributed by atoms with Gasteiger partial charge >= 0.3 is 0 Å². The number of nitrogens with two attached hydrogens (primary N) is 1. The van der Waals surface area contributed by atoms with Crippen LogP contribution in [0, 0.1) is 5.41 Å². The Morgan fingerprint density at radius 2 is 1.88 bits per heavy atom. The Hall–Kier alpha value is -0.850. The van der Waals surface area contributed by atoms with Crippen LogP contribution in [0.4, 0.5) is 0 Å². The topological polar surface area (TPSA) is 84.7 Å². The van der Waals surface area contributed by atoms with Crippen LogP contribution < -0.4 is 11.1 Å². The summed E-state index contributed by atoms with van der Waals surface area (Å²) in [5.74, 6) is -0.267. The van der Waals surface area contributed by atoms with E-state index < -0.39 is 17.0 Å². The average molecular weight is 362 g/mol. The fourth-order valence-electron chi connectivity index (χ4n) is 3.60. The summed E-state index contributed by atoms with van der Waals surface area (Å²) in [6, 6.07) is -0.539. The molecule has 0 bridgehead atoms. The van der Waals surface area contributed by atoms with Gasteiger partial charge in [-0.05, 0) is 33.1 Å². The van der Waals surface area contributed by atoms with Gasteiger partial charge in [-0.1, -0.05) is 13.8 Å². The van der Waals surface area contributed by atoms with E-state index in [0.29, 0.717) is 13.0 Å². The molecule has 2 fully saturated rings. The van der Waals surface area contributed by atoms with Gasteiger partial charge in [0.05, 0.1) is 6.10 Å². The summed E-state index contributed by atoms with van der Waals surface area (Å²) in [5.41, 5.74) is 4.93. The van der Waals surface area contributed by atoms with Crippen molar-refractivity contribution in [2.75, 3.05) is 19.7 Å². The molecule has 6 nitrogen and oxygen atoms in total. The molecule has 2 aliphatic rings. The first-order chi connectivity index (χ1) is 10.7. The van der Waals surface area contributed by atoms with E-state index in [0.717, 1.165) is 25.9 Å². The van der Waals surface area contributed by atoms with E-state index in [2.05, 4.69) is 5.32 Å². The van der Waals surface area contributed by atoms with Gasteiger partial charge in [-0.15, -0.1) is 12.4 Å². The van der Waals surface area contributed by atoms with Crippen LogP contribution in [0.15, 0.2) is 0 Å². The highest BCUT2D eigenvalue weighted by molar-refractivity contribution is 5.93. The zero-order valence-corrected chi connectivity index (χ0v) is 16.1. The van der Waals surface area contributed by atoms with E-state index in [1.807, 2.05) is 25.7 Å². The molecule has 7 heteroatoms. The van der Waals surface area contributed by atoms with E-state index in [9.17, 15) is 9.59 Å². The third kappa shape index (κ3) is 3.70. The predicted octanol–water partition coefficient (Wildman–Crippen LogP) is 1.46. The number of hydrogen-bond acceptors (Lipinski definition) is 4. The van der Waals surface area contributed by atoms with Crippen LogP contribution in [0.2, 0.25) is 0 Å². The molecule has 1 heterocycles. The molecule has 1 saturated heterocycles. The van der Waals surface area contributed by atoms with Crippen molar-refractivity contribution in [3.05, 3.63) is 0 Å². The zero-order valence-electron chi connectivity index (χ0n) is 15.3. The number of nitrogens with zero attached hydrogens (tertiary/aromatic N) is 1. The SMILES string of the molecule is CCOC1CC(N)(C(=O)NC(C)C(=O)N2CCCCC2)C1(C)C.Cl. The fourth-order valence-corrected chi connectivity index (χ4v) is 3.60. The summed E-state index contributed by atoms with van der Waals surface area (Å²) < 4.78 is 5.65. The van der Waals surface area contributed by atoms with E-state index in [1.54, 1.807) is 6.92 Å². The molecule has 1 aliphatic heterocycles. The molecule has 3 N–H and O–H groups in total. The maximum Gasteiger partial charge on any atom is 0.244 e. The minimum atomic E-state index is -0.983. The van der Waals surface area contributed by atoms with Crippen LogP contribution in [-0.4, -0.2) is 54.1 Å². The Kier molecular flexibility index (Phi) is 7.08. The van der Waals surface area contributed by atoms with Gasteiger partial charge in [0.15, 0.2) is 0 Å². The highest BCUT2D eigenvalue weighted by atomic mass is 35.5. The maximum atomic E-state index is 12.6. The van der Waals surface area contributed by atoms with Crippen LogP contribution in [0.1, 0.15) is 53.4 Å². The molecule has 2 amide bonds. The Morgan fingerprint density at radius 3 is 2.38 bits per heavy atom. The van der Waals surface area contributed by atoms with Crippen LogP contribution in [-0.2, 0) is 14.3 Å². The van der Waals surface area contributed by atoms with Gasteiger partial charge in [0.25, 0.3) is 0 Å². The Labute approximate surface area is 151 Å². The number of nitrogens with one attached hydrogen (secondary N) is 1. The fraction of sp³-hybridized carbons (Fsp3) is 0.882. The van der Waals surface area contributed by atoms with Crippen molar-refractivity contribution < 1.29 is 14.3 Å². The van der Waals surface area contributed by atoms with Crippen LogP contribution in [0.25, 0.3) is 0 Å². The number of likely N-dealkylation sites (tertiary alicyclic amines) is 1. The molecule has 24 heavy (non-hydrogen) atoms. The minimum Gasteiger partial charge on any atom is -0.378 e. The van der Waals surface area contributed by atoms with Gasteiger partial charge in [-0.25, -0.2) is 0 Å². The molecule has 0 aromatic carbocycles. The van der Waals surface area contributed by atoms with Crippen molar-refractivity contribution in [3.8, 4) is 0 Å². The Morgan fingerprint density at radius 1 is 1.29 bits per heavy atom. The lowest BCUT2D eigenvalue weighted by Crippen LogP contribution is -2.76. The number of ether oxygens (including phenoxy) is 1. The van der Waals surface area contributed by atoms with Crippen LogP contribution in [0.3, 0.4) is 0 Å². The van der Waals surface area contributed by atoms with Crippen molar-refractivity contribution in [1.82, 2.24) is 10.2 Å². The number of carbonyl (C=O) groups is 2. The lowest BCUT2D eigenvalue weighted by molar-refractivity contribution is -0.171. The highest BCUT2D eigenvalue weighted by Gasteiger charge is 2.63. The molecule has 1 aliphatic carbocycles. The van der Waals surface area contributed by atoms with E-state index >= 15 is 0 Å². The molecular weight excluding hydrogens is 330 g/mol. The number of piperidine rings is 1. The lowest BCUT2D eigenvalue weighted by Gasteiger charge is -2.57. The Balaban J connectivity index is 0.00000288. The summed E-state index contributed by atoms with van der Waals surface area (Å²) >= 11 is 0. The summed E-state index contributed by atoms with van der Waals surface area (Å²) in [6.07, 6.45) is 3.72. The lowest BCUT2D eigenvalue weighted by atomic mass is 9.54. The summed E-state index contributed by atoms with van der Waals surface area (Å²) in [6.45, 7) is 9.75. The second-order valence-electron chi connectivity index (χ2n) is 7.42. The first-order valence-electron chi connectivity index (χ1n) is 8.74. The molecule has 3 unspecified atom stereocenters. The predicted molar refractivity (Wildman–Crippen MR) is 96.0 cm³/mol. The average Bonchev–Trinajstić information content (AvgIpc) is 2.54. The number of amides is 2. The van der Waals surface area contributed by atoms with Gasteiger partial charge in [-0.2, -0.15) is 0 Å². The molecule has 0 radical (unpaired) electrons. The van der Waals surface area contributed by atoms with Crippen molar-refractivity contribution in [3.63, 3.8) is 0 Å². The van der Waals surface area contributed by atoms with E-state index in [-0.39, 0.29) is 30.3 Å². The van der Waals surface area contributed by atoms with Gasteiger partial charge < -0.3 is 20.7 Å². The Bertz CT molecular complexity index is 466. The highest BCUT2D eigenvalue weighted by Crippen LogP contribution is 2.49. The first kappa shape index (κ1) is 21.2. The quantitative estimate of drug-likeness (QED) is 0.776. The number of rotatable bonds is 5. The molecule has 0 aromatic rings. The van der Waals surface area contributed by atoms with Crippen molar-refractivity contribution in [1.29, 1.82) is 0 Å². The van der Waals surface area contributed by atoms with Gasteiger partial charge in [0, 0.05) is 31.5 Å². The van der Waals surface area contributed by atoms with Gasteiger partial charge in [-0.3, -0.25) is 9.59 Å². The molecule has 3 atom stereocenters. The smallest absolute Gasteiger partial charge is 0.244 e. The van der Waals surface area contributed by atoms with Crippen molar-refractivity contribution >= 4 is 24.2 Å². The second-order valence-corrected chi connectivity index (χ2v) is 7.42. The standard InChI is InChI=1S/C17H31N3O3.ClH/c1-5-23-13-11-17(18,16(13,3)4)15(22)19-12(2)14(21)20-9-7-6-8-10-20;/h12-13H,5-11,18H2,1-4H3,(H,19,22);1H. The third-order valence-electron chi connectivity index (χ3n) is 5.62. The van der Waals surface area contributed by atoms with E-state index in [4.69, 9.17) is 10.5 Å². The largest absolute Gasteiger partial charge is 0.378 e. The van der Waals surface area contributed by atoms with Crippen LogP contribution >= 0.6 is 12.4 Å². The van der Waals surface area contributed by atoms with Gasteiger partial charge in [0.1, 0.15) is 11.6 Å². The summed E-state index contributed by atoms with van der Waals surface area (Å²) in [7, 11) is 0. The number of carbonyl (C=O) groups excluding carboxylic acids is 2. The molecule has 0 aromatic heterocycles. The number of hydrogen-bond donors (Lipinski definition) is 2. The minimum absolute atomic E-state index is 0. The molecule has 140 valence electrons.